The van der Waals surface area contributed by atoms with Gasteiger partial charge in [-0.05, 0) is 31.0 Å². The third kappa shape index (κ3) is 3.41. The van der Waals surface area contributed by atoms with Crippen LogP contribution in [0.3, 0.4) is 0 Å². The second kappa shape index (κ2) is 6.64. The fourth-order valence-electron chi connectivity index (χ4n) is 2.70. The monoisotopic (exact) mass is 377 g/mol. The molecule has 0 unspecified atom stereocenters. The number of nitrogens with zero attached hydrogens (tertiary/aromatic N) is 1. The van der Waals surface area contributed by atoms with Gasteiger partial charge in [0, 0.05) is 11.5 Å². The Hall–Kier alpha value is -0.630. The van der Waals surface area contributed by atoms with Gasteiger partial charge in [-0.3, -0.25) is 0 Å². The van der Waals surface area contributed by atoms with Crippen molar-refractivity contribution in [2.75, 3.05) is 14.2 Å². The zero-order valence-corrected chi connectivity index (χ0v) is 14.5. The minimum atomic E-state index is -3.72. The molecule has 7 heteroatoms. The molecule has 0 radical (unpaired) electrons. The van der Waals surface area contributed by atoms with Gasteiger partial charge in [-0.15, -0.1) is 0 Å². The molecule has 1 aliphatic carbocycles. The Morgan fingerprint density at radius 3 is 2.62 bits per heavy atom. The third-order valence-corrected chi connectivity index (χ3v) is 6.34. The Kier molecular flexibility index (Phi) is 5.29. The minimum absolute atomic E-state index is 0.111. The zero-order valence-electron chi connectivity index (χ0n) is 12.1. The molecular formula is C14H20BrNO4S. The van der Waals surface area contributed by atoms with Crippen LogP contribution in [0.2, 0.25) is 0 Å². The van der Waals surface area contributed by atoms with Gasteiger partial charge in [-0.2, -0.15) is 4.31 Å². The van der Waals surface area contributed by atoms with E-state index in [-0.39, 0.29) is 10.9 Å². The second-order valence-electron chi connectivity index (χ2n) is 5.24. The van der Waals surface area contributed by atoms with E-state index < -0.39 is 16.1 Å². The van der Waals surface area contributed by atoms with Crippen LogP contribution < -0.4 is 4.74 Å². The van der Waals surface area contributed by atoms with E-state index in [1.165, 1.54) is 24.5 Å². The highest BCUT2D eigenvalue weighted by atomic mass is 79.9. The van der Waals surface area contributed by atoms with E-state index in [1.54, 1.807) is 12.1 Å². The molecule has 118 valence electrons. The van der Waals surface area contributed by atoms with Crippen molar-refractivity contribution in [3.63, 3.8) is 0 Å². The fourth-order valence-corrected chi connectivity index (χ4v) is 4.81. The summed E-state index contributed by atoms with van der Waals surface area (Å²) in [6.07, 6.45) is 2.56. The fraction of sp³-hybridized carbons (Fsp3) is 0.571. The predicted molar refractivity (Wildman–Crippen MR) is 83.9 cm³/mol. The van der Waals surface area contributed by atoms with Crippen LogP contribution in [0, 0.1) is 0 Å². The first-order chi connectivity index (χ1) is 9.87. The summed E-state index contributed by atoms with van der Waals surface area (Å²) in [6.45, 7) is 0. The smallest absolute Gasteiger partial charge is 0.246 e. The lowest BCUT2D eigenvalue weighted by Crippen LogP contribution is -2.46. The Morgan fingerprint density at radius 1 is 1.33 bits per heavy atom. The summed E-state index contributed by atoms with van der Waals surface area (Å²) in [5.74, 6) is 0.301. The first kappa shape index (κ1) is 16.7. The van der Waals surface area contributed by atoms with E-state index in [0.717, 1.165) is 12.8 Å². The number of benzene rings is 1. The molecule has 0 bridgehead atoms. The Balaban J connectivity index is 2.39. The highest BCUT2D eigenvalue weighted by Gasteiger charge is 2.35. The van der Waals surface area contributed by atoms with E-state index in [0.29, 0.717) is 23.1 Å². The lowest BCUT2D eigenvalue weighted by Gasteiger charge is -2.34. The van der Waals surface area contributed by atoms with Crippen LogP contribution in [0.4, 0.5) is 0 Å². The Morgan fingerprint density at radius 2 is 2.00 bits per heavy atom. The number of ether oxygens (including phenoxy) is 1. The van der Waals surface area contributed by atoms with Crippen molar-refractivity contribution in [3.05, 3.63) is 22.7 Å². The summed E-state index contributed by atoms with van der Waals surface area (Å²) < 4.78 is 32.8. The molecule has 1 aromatic rings. The highest BCUT2D eigenvalue weighted by Crippen LogP contribution is 2.32. The summed E-state index contributed by atoms with van der Waals surface area (Å²) in [6, 6.07) is 4.49. The predicted octanol–water partition coefficient (Wildman–Crippen LogP) is 2.38. The molecule has 1 saturated carbocycles. The first-order valence-corrected chi connectivity index (χ1v) is 9.11. The van der Waals surface area contributed by atoms with Crippen LogP contribution in [0.5, 0.6) is 5.75 Å². The Labute approximate surface area is 134 Å². The van der Waals surface area contributed by atoms with Crippen LogP contribution in [0.15, 0.2) is 27.6 Å². The van der Waals surface area contributed by atoms with E-state index >= 15 is 0 Å². The van der Waals surface area contributed by atoms with E-state index in [2.05, 4.69) is 15.9 Å². The average Bonchev–Trinajstić information content (AvgIpc) is 2.47. The van der Waals surface area contributed by atoms with Gasteiger partial charge in [-0.1, -0.05) is 28.8 Å². The molecule has 21 heavy (non-hydrogen) atoms. The number of methoxy groups -OCH3 is 1. The van der Waals surface area contributed by atoms with Crippen LogP contribution >= 0.6 is 15.9 Å². The van der Waals surface area contributed by atoms with Crippen LogP contribution in [0.25, 0.3) is 0 Å². The number of hydrogen-bond donors (Lipinski definition) is 1. The molecule has 0 heterocycles. The van der Waals surface area contributed by atoms with Gasteiger partial charge in [0.2, 0.25) is 10.0 Å². The number of sulfonamides is 1. The number of hydrogen-bond acceptors (Lipinski definition) is 4. The lowest BCUT2D eigenvalue weighted by molar-refractivity contribution is 0.0637. The molecule has 0 aliphatic heterocycles. The third-order valence-electron chi connectivity index (χ3n) is 3.94. The lowest BCUT2D eigenvalue weighted by atomic mass is 9.93. The van der Waals surface area contributed by atoms with E-state index in [9.17, 15) is 13.5 Å². The average molecular weight is 378 g/mol. The van der Waals surface area contributed by atoms with Gasteiger partial charge in [0.25, 0.3) is 0 Å². The maximum Gasteiger partial charge on any atom is 0.246 e. The maximum atomic E-state index is 12.8. The molecule has 0 amide bonds. The number of likely N-dealkylation sites (N-methyl/N-ethyl adjacent to an activating group) is 1. The van der Waals surface area contributed by atoms with E-state index in [1.807, 2.05) is 0 Å². The van der Waals surface area contributed by atoms with Crippen molar-refractivity contribution in [3.8, 4) is 5.75 Å². The van der Waals surface area contributed by atoms with Gasteiger partial charge in [-0.25, -0.2) is 8.42 Å². The summed E-state index contributed by atoms with van der Waals surface area (Å²) in [7, 11) is -0.754. The van der Waals surface area contributed by atoms with Gasteiger partial charge < -0.3 is 9.84 Å². The molecular weight excluding hydrogens is 358 g/mol. The van der Waals surface area contributed by atoms with Crippen LogP contribution in [-0.4, -0.2) is 44.1 Å². The van der Waals surface area contributed by atoms with Crippen LogP contribution in [-0.2, 0) is 10.0 Å². The number of aliphatic hydroxyl groups is 1. The number of aliphatic hydroxyl groups excluding tert-OH is 1. The number of halogens is 1. The Bertz CT molecular complexity index is 605. The molecule has 2 atom stereocenters. The van der Waals surface area contributed by atoms with Gasteiger partial charge in [0.15, 0.2) is 0 Å². The second-order valence-corrected chi connectivity index (χ2v) is 8.12. The molecule has 0 spiro atoms. The molecule has 0 aromatic heterocycles. The van der Waals surface area contributed by atoms with Crippen molar-refractivity contribution in [1.82, 2.24) is 4.31 Å². The van der Waals surface area contributed by atoms with E-state index in [4.69, 9.17) is 4.74 Å². The SMILES string of the molecule is COc1ccc(Br)cc1S(=O)(=O)N(C)[C@@H]1CCCC[C@H]1O. The van der Waals surface area contributed by atoms with Crippen molar-refractivity contribution in [2.45, 2.75) is 42.7 Å². The normalized spacial score (nSPS) is 23.3. The topological polar surface area (TPSA) is 66.8 Å². The summed E-state index contributed by atoms with van der Waals surface area (Å²) in [5.41, 5.74) is 0. The largest absolute Gasteiger partial charge is 0.495 e. The molecule has 1 N–H and O–H groups in total. The summed E-state index contributed by atoms with van der Waals surface area (Å²) >= 11 is 3.29. The summed E-state index contributed by atoms with van der Waals surface area (Å²) in [4.78, 5) is 0.111. The maximum absolute atomic E-state index is 12.8. The van der Waals surface area contributed by atoms with Gasteiger partial charge >= 0.3 is 0 Å². The number of rotatable bonds is 4. The molecule has 1 aliphatic rings. The minimum Gasteiger partial charge on any atom is -0.495 e. The first-order valence-electron chi connectivity index (χ1n) is 6.87. The molecule has 5 nitrogen and oxygen atoms in total. The van der Waals surface area contributed by atoms with Crippen molar-refractivity contribution in [2.24, 2.45) is 0 Å². The quantitative estimate of drug-likeness (QED) is 0.874. The molecule has 0 saturated heterocycles. The highest BCUT2D eigenvalue weighted by molar-refractivity contribution is 9.10. The standard InChI is InChI=1S/C14H20BrNO4S/c1-16(11-5-3-4-6-12(11)17)21(18,19)14-9-10(15)7-8-13(14)20-2/h7-9,11-12,17H,3-6H2,1-2H3/t11-,12-/m1/s1. The molecule has 2 rings (SSSR count). The van der Waals surface area contributed by atoms with Crippen LogP contribution in [0.1, 0.15) is 25.7 Å². The zero-order chi connectivity index (χ0) is 15.6. The van der Waals surface area contributed by atoms with Crippen molar-refractivity contribution < 1.29 is 18.3 Å². The van der Waals surface area contributed by atoms with Gasteiger partial charge in [0.05, 0.1) is 19.3 Å². The van der Waals surface area contributed by atoms with Crippen molar-refractivity contribution in [1.29, 1.82) is 0 Å². The molecule has 1 fully saturated rings. The van der Waals surface area contributed by atoms with Gasteiger partial charge in [0.1, 0.15) is 10.6 Å². The van der Waals surface area contributed by atoms with Crippen molar-refractivity contribution >= 4 is 26.0 Å². The molecule has 1 aromatic carbocycles. The summed E-state index contributed by atoms with van der Waals surface area (Å²) in [5, 5.41) is 10.1.